The first kappa shape index (κ1) is 37.2. The summed E-state index contributed by atoms with van der Waals surface area (Å²) in [5.41, 5.74) is 3.98. The van der Waals surface area contributed by atoms with Crippen LogP contribution in [0, 0.1) is 23.7 Å². The molecule has 0 aliphatic heterocycles. The maximum absolute atomic E-state index is 11.8. The minimum absolute atomic E-state index is 0.0178. The van der Waals surface area contributed by atoms with Gasteiger partial charge in [-0.25, -0.2) is 0 Å². The molecule has 4 N–H and O–H groups in total. The molecule has 4 aromatic carbocycles. The SMILES string of the molecule is O=C(O)CC[C@@H](Cc1ccccc1)[C@H](Cc1ccccc1)C(=O)O.O=C(O)CC[C@H](Cc1ccccc1)[C@@H](Cc1ccccc1)C(=O)O. The van der Waals surface area contributed by atoms with E-state index in [1.165, 1.54) is 0 Å². The molecule has 252 valence electrons. The van der Waals surface area contributed by atoms with Gasteiger partial charge in [0.05, 0.1) is 11.8 Å². The fourth-order valence-corrected chi connectivity index (χ4v) is 5.99. The van der Waals surface area contributed by atoms with Crippen molar-refractivity contribution in [2.45, 2.75) is 51.4 Å². The molecule has 0 bridgehead atoms. The first-order valence-corrected chi connectivity index (χ1v) is 16.2. The van der Waals surface area contributed by atoms with Crippen molar-refractivity contribution < 1.29 is 39.6 Å². The molecule has 0 fully saturated rings. The lowest BCUT2D eigenvalue weighted by molar-refractivity contribution is -0.145. The molecular weight excluding hydrogens is 608 g/mol. The molecule has 8 heteroatoms. The van der Waals surface area contributed by atoms with Crippen LogP contribution in [-0.4, -0.2) is 44.3 Å². The fraction of sp³-hybridized carbons (Fsp3) is 0.300. The van der Waals surface area contributed by atoms with Gasteiger partial charge in [-0.15, -0.1) is 0 Å². The van der Waals surface area contributed by atoms with Crippen LogP contribution in [0.5, 0.6) is 0 Å². The van der Waals surface area contributed by atoms with Crippen molar-refractivity contribution >= 4 is 23.9 Å². The van der Waals surface area contributed by atoms with E-state index in [2.05, 4.69) is 0 Å². The molecular formula is C40H44O8. The summed E-state index contributed by atoms with van der Waals surface area (Å²) in [5.74, 6) is -5.18. The number of carboxylic acid groups (broad SMARTS) is 4. The Bertz CT molecular complexity index is 1420. The van der Waals surface area contributed by atoms with E-state index >= 15 is 0 Å². The number of hydrogen-bond donors (Lipinski definition) is 4. The summed E-state index contributed by atoms with van der Waals surface area (Å²) in [4.78, 5) is 45.6. The van der Waals surface area contributed by atoms with Crippen LogP contribution in [0.15, 0.2) is 121 Å². The van der Waals surface area contributed by atoms with Gasteiger partial charge in [-0.1, -0.05) is 121 Å². The van der Waals surface area contributed by atoms with E-state index in [1.807, 2.05) is 121 Å². The molecule has 0 amide bonds. The normalized spacial score (nSPS) is 13.2. The minimum Gasteiger partial charge on any atom is -0.481 e. The number of rotatable bonds is 18. The lowest BCUT2D eigenvalue weighted by Gasteiger charge is -2.24. The number of benzene rings is 4. The van der Waals surface area contributed by atoms with Gasteiger partial charge in [-0.05, 0) is 72.6 Å². The molecule has 4 rings (SSSR count). The van der Waals surface area contributed by atoms with Gasteiger partial charge in [0, 0.05) is 12.8 Å². The molecule has 48 heavy (non-hydrogen) atoms. The van der Waals surface area contributed by atoms with Crippen LogP contribution in [0.25, 0.3) is 0 Å². The Kier molecular flexibility index (Phi) is 15.6. The van der Waals surface area contributed by atoms with Crippen molar-refractivity contribution in [3.05, 3.63) is 144 Å². The Morgan fingerprint density at radius 2 is 0.646 bits per heavy atom. The molecule has 0 aliphatic carbocycles. The maximum Gasteiger partial charge on any atom is 0.307 e. The maximum atomic E-state index is 11.8. The molecule has 8 nitrogen and oxygen atoms in total. The van der Waals surface area contributed by atoms with Crippen LogP contribution in [0.2, 0.25) is 0 Å². The van der Waals surface area contributed by atoms with Gasteiger partial charge in [0.25, 0.3) is 0 Å². The van der Waals surface area contributed by atoms with Gasteiger partial charge >= 0.3 is 23.9 Å². The summed E-state index contributed by atoms with van der Waals surface area (Å²) in [6.45, 7) is 0. The largest absolute Gasteiger partial charge is 0.481 e. The molecule has 0 saturated carbocycles. The van der Waals surface area contributed by atoms with Gasteiger partial charge in [0.2, 0.25) is 0 Å². The number of aliphatic carboxylic acids is 4. The highest BCUT2D eigenvalue weighted by molar-refractivity contribution is 5.72. The second kappa shape index (κ2) is 20.1. The minimum atomic E-state index is -0.892. The topological polar surface area (TPSA) is 149 Å². The van der Waals surface area contributed by atoms with Gasteiger partial charge < -0.3 is 20.4 Å². The van der Waals surface area contributed by atoms with Crippen LogP contribution < -0.4 is 0 Å². The smallest absolute Gasteiger partial charge is 0.307 e. The zero-order chi connectivity index (χ0) is 34.7. The zero-order valence-electron chi connectivity index (χ0n) is 26.9. The molecule has 0 saturated heterocycles. The van der Waals surface area contributed by atoms with Crippen molar-refractivity contribution in [1.29, 1.82) is 0 Å². The van der Waals surface area contributed by atoms with Crippen LogP contribution in [0.1, 0.15) is 47.9 Å². The standard InChI is InChI=1S/2C20H22O4/c2*21-19(22)12-11-17(13-15-7-3-1-4-8-15)18(20(23)24)14-16-9-5-2-6-10-16/h2*1-10,17-18H,11-14H2,(H,21,22)(H,23,24)/t2*17-,18-/m10/s1. The summed E-state index contributed by atoms with van der Waals surface area (Å²) in [6, 6.07) is 38.3. The average molecular weight is 653 g/mol. The molecule has 0 heterocycles. The highest BCUT2D eigenvalue weighted by Crippen LogP contribution is 2.28. The molecule has 0 aliphatic rings. The third-order valence-corrected chi connectivity index (χ3v) is 8.51. The van der Waals surface area contributed by atoms with Gasteiger partial charge in [-0.3, -0.25) is 19.2 Å². The summed E-state index contributed by atoms with van der Waals surface area (Å²) < 4.78 is 0. The quantitative estimate of drug-likeness (QED) is 0.0874. The van der Waals surface area contributed by atoms with Crippen LogP contribution in [0.4, 0.5) is 0 Å². The molecule has 4 aromatic rings. The fourth-order valence-electron chi connectivity index (χ4n) is 5.99. The predicted octanol–water partition coefficient (Wildman–Crippen LogP) is 7.31. The monoisotopic (exact) mass is 652 g/mol. The number of carboxylic acids is 4. The van der Waals surface area contributed by atoms with Crippen molar-refractivity contribution in [2.24, 2.45) is 23.7 Å². The molecule has 0 aromatic heterocycles. The molecule has 0 spiro atoms. The van der Waals surface area contributed by atoms with Crippen molar-refractivity contribution in [2.75, 3.05) is 0 Å². The van der Waals surface area contributed by atoms with Gasteiger partial charge in [0.15, 0.2) is 0 Å². The highest BCUT2D eigenvalue weighted by atomic mass is 16.4. The zero-order valence-corrected chi connectivity index (χ0v) is 26.9. The van der Waals surface area contributed by atoms with E-state index in [-0.39, 0.29) is 24.7 Å². The Balaban J connectivity index is 0.000000260. The lowest BCUT2D eigenvalue weighted by atomic mass is 9.80. The third-order valence-electron chi connectivity index (χ3n) is 8.51. The van der Waals surface area contributed by atoms with Crippen LogP contribution in [-0.2, 0) is 44.9 Å². The van der Waals surface area contributed by atoms with Gasteiger partial charge in [0.1, 0.15) is 0 Å². The summed E-state index contributed by atoms with van der Waals surface area (Å²) in [7, 11) is 0. The van der Waals surface area contributed by atoms with Crippen molar-refractivity contribution in [3.8, 4) is 0 Å². The van der Waals surface area contributed by atoms with Gasteiger partial charge in [-0.2, -0.15) is 0 Å². The molecule has 0 radical (unpaired) electrons. The van der Waals surface area contributed by atoms with Crippen LogP contribution >= 0.6 is 0 Å². The predicted molar refractivity (Wildman–Crippen MR) is 184 cm³/mol. The lowest BCUT2D eigenvalue weighted by Crippen LogP contribution is -2.28. The molecule has 4 atom stereocenters. The summed E-state index contributed by atoms with van der Waals surface area (Å²) in [6.07, 6.45) is 2.63. The number of hydrogen-bond acceptors (Lipinski definition) is 4. The number of carbonyl (C=O) groups is 4. The third kappa shape index (κ3) is 13.6. The second-order valence-corrected chi connectivity index (χ2v) is 12.0. The van der Waals surface area contributed by atoms with Crippen molar-refractivity contribution in [3.63, 3.8) is 0 Å². The van der Waals surface area contributed by atoms with E-state index in [9.17, 15) is 29.4 Å². The highest BCUT2D eigenvalue weighted by Gasteiger charge is 2.30. The van der Waals surface area contributed by atoms with Crippen molar-refractivity contribution in [1.82, 2.24) is 0 Å². The molecule has 0 unspecified atom stereocenters. The van der Waals surface area contributed by atoms with E-state index in [0.717, 1.165) is 22.3 Å². The van der Waals surface area contributed by atoms with E-state index in [4.69, 9.17) is 10.2 Å². The summed E-state index contributed by atoms with van der Waals surface area (Å²) in [5, 5.41) is 37.4. The first-order valence-electron chi connectivity index (χ1n) is 16.2. The Labute approximate surface area is 281 Å². The Morgan fingerprint density at radius 1 is 0.396 bits per heavy atom. The first-order chi connectivity index (χ1) is 23.1. The summed E-state index contributed by atoms with van der Waals surface area (Å²) >= 11 is 0. The second-order valence-electron chi connectivity index (χ2n) is 12.0. The van der Waals surface area contributed by atoms with E-state index < -0.39 is 35.7 Å². The van der Waals surface area contributed by atoms with Crippen LogP contribution in [0.3, 0.4) is 0 Å². The van der Waals surface area contributed by atoms with E-state index in [0.29, 0.717) is 38.5 Å². The Morgan fingerprint density at radius 3 is 0.875 bits per heavy atom. The van der Waals surface area contributed by atoms with E-state index in [1.54, 1.807) is 0 Å². The Hall–Kier alpha value is -5.24. The average Bonchev–Trinajstić information content (AvgIpc) is 3.08.